The van der Waals surface area contributed by atoms with Crippen LogP contribution >= 0.6 is 0 Å². The summed E-state index contributed by atoms with van der Waals surface area (Å²) in [6.45, 7) is 5.84. The molecule has 25 heavy (non-hydrogen) atoms. The minimum absolute atomic E-state index is 0.133. The van der Waals surface area contributed by atoms with Gasteiger partial charge in [-0.25, -0.2) is 0 Å². The number of ether oxygens (including phenoxy) is 1. The number of nitrogens with one attached hydrogen (secondary N) is 2. The van der Waals surface area contributed by atoms with Crippen LogP contribution in [0.2, 0.25) is 0 Å². The summed E-state index contributed by atoms with van der Waals surface area (Å²) in [5.74, 6) is 1.08. The lowest BCUT2D eigenvalue weighted by Crippen LogP contribution is -2.32. The second kappa shape index (κ2) is 6.22. The van der Waals surface area contributed by atoms with Gasteiger partial charge in [0.25, 0.3) is 0 Å². The molecule has 3 aromatic rings. The van der Waals surface area contributed by atoms with E-state index in [4.69, 9.17) is 9.15 Å². The molecule has 0 spiro atoms. The fourth-order valence-corrected chi connectivity index (χ4v) is 2.93. The van der Waals surface area contributed by atoms with Gasteiger partial charge in [-0.15, -0.1) is 10.2 Å². The molecule has 0 saturated carbocycles. The molecule has 0 saturated heterocycles. The van der Waals surface area contributed by atoms with Crippen LogP contribution in [0.15, 0.2) is 47.0 Å². The molecular weight excluding hydrogens is 316 g/mol. The summed E-state index contributed by atoms with van der Waals surface area (Å²) in [7, 11) is 0. The molecule has 1 aliphatic heterocycles. The van der Waals surface area contributed by atoms with E-state index < -0.39 is 0 Å². The first-order valence-corrected chi connectivity index (χ1v) is 8.32. The quantitative estimate of drug-likeness (QED) is 0.758. The lowest BCUT2D eigenvalue weighted by Gasteiger charge is -2.23. The number of fused-ring (bicyclic) bond motifs is 1. The van der Waals surface area contributed by atoms with Crippen LogP contribution in [0, 0.1) is 6.92 Å². The van der Waals surface area contributed by atoms with Crippen LogP contribution in [0.4, 0.5) is 0 Å². The highest BCUT2D eigenvalue weighted by Crippen LogP contribution is 2.29. The molecule has 1 aliphatic rings. The van der Waals surface area contributed by atoms with E-state index in [1.807, 2.05) is 50.4 Å². The van der Waals surface area contributed by atoms with Crippen LogP contribution in [0.3, 0.4) is 0 Å². The maximum absolute atomic E-state index is 5.85. The Kier molecular flexibility index (Phi) is 3.89. The highest BCUT2D eigenvalue weighted by molar-refractivity contribution is 5.94. The Morgan fingerprint density at radius 1 is 1.24 bits per heavy atom. The van der Waals surface area contributed by atoms with E-state index in [9.17, 15) is 0 Å². The van der Waals surface area contributed by atoms with Gasteiger partial charge in [0.2, 0.25) is 11.8 Å². The standard InChI is InChI=1S/C19H20N4O2/c1-11(2)24-18-6-4-5-17(21-18)15-10-20-16-8-7-13(9-14(15)16)19-23-22-12(3)25-19/h4-11,18,20-21H,1-3H3. The van der Waals surface area contributed by atoms with Gasteiger partial charge in [-0.1, -0.05) is 6.08 Å². The highest BCUT2D eigenvalue weighted by Gasteiger charge is 2.17. The molecule has 0 aliphatic carbocycles. The Hall–Kier alpha value is -2.86. The van der Waals surface area contributed by atoms with Gasteiger partial charge in [0.1, 0.15) is 6.23 Å². The molecule has 4 rings (SSSR count). The van der Waals surface area contributed by atoms with Crippen LogP contribution in [0.5, 0.6) is 0 Å². The first-order valence-electron chi connectivity index (χ1n) is 8.32. The second-order valence-corrected chi connectivity index (χ2v) is 6.30. The number of aromatic nitrogens is 3. The van der Waals surface area contributed by atoms with Crippen molar-refractivity contribution >= 4 is 16.6 Å². The van der Waals surface area contributed by atoms with Gasteiger partial charge in [0, 0.05) is 40.8 Å². The number of hydrogen-bond donors (Lipinski definition) is 2. The number of hydrogen-bond acceptors (Lipinski definition) is 5. The number of aromatic amines is 1. The highest BCUT2D eigenvalue weighted by atomic mass is 16.5. The molecule has 3 heterocycles. The van der Waals surface area contributed by atoms with E-state index >= 15 is 0 Å². The van der Waals surface area contributed by atoms with Crippen molar-refractivity contribution in [3.63, 3.8) is 0 Å². The van der Waals surface area contributed by atoms with Crippen LogP contribution < -0.4 is 5.32 Å². The Morgan fingerprint density at radius 3 is 2.88 bits per heavy atom. The van der Waals surface area contributed by atoms with Gasteiger partial charge in [0.15, 0.2) is 0 Å². The van der Waals surface area contributed by atoms with E-state index in [1.165, 1.54) is 0 Å². The number of benzene rings is 1. The lowest BCUT2D eigenvalue weighted by molar-refractivity contribution is 0.0255. The van der Waals surface area contributed by atoms with Crippen LogP contribution in [0.25, 0.3) is 28.1 Å². The van der Waals surface area contributed by atoms with E-state index in [0.717, 1.165) is 27.7 Å². The Labute approximate surface area is 145 Å². The molecule has 2 N–H and O–H groups in total. The molecule has 1 unspecified atom stereocenters. The molecule has 2 aromatic heterocycles. The van der Waals surface area contributed by atoms with Gasteiger partial charge >= 0.3 is 0 Å². The largest absolute Gasteiger partial charge is 0.421 e. The predicted molar refractivity (Wildman–Crippen MR) is 96.6 cm³/mol. The number of rotatable bonds is 4. The zero-order valence-electron chi connectivity index (χ0n) is 14.4. The third-order valence-corrected chi connectivity index (χ3v) is 4.01. The molecule has 6 heteroatoms. The number of H-pyrrole nitrogens is 1. The number of allylic oxidation sites excluding steroid dienone is 2. The van der Waals surface area contributed by atoms with Gasteiger partial charge < -0.3 is 19.5 Å². The SMILES string of the molecule is Cc1nnc(-c2ccc3[nH]cc(C4=CC=CC(OC(C)C)N4)c3c2)o1. The van der Waals surface area contributed by atoms with E-state index in [1.54, 1.807) is 6.92 Å². The molecule has 1 atom stereocenters. The average molecular weight is 336 g/mol. The minimum Gasteiger partial charge on any atom is -0.421 e. The van der Waals surface area contributed by atoms with Gasteiger partial charge in [-0.05, 0) is 44.2 Å². The second-order valence-electron chi connectivity index (χ2n) is 6.30. The zero-order valence-corrected chi connectivity index (χ0v) is 14.4. The topological polar surface area (TPSA) is 76.0 Å². The van der Waals surface area contributed by atoms with Crippen LogP contribution in [0.1, 0.15) is 25.3 Å². The minimum atomic E-state index is -0.133. The first-order chi connectivity index (χ1) is 12.1. The van der Waals surface area contributed by atoms with Crippen molar-refractivity contribution in [2.24, 2.45) is 0 Å². The van der Waals surface area contributed by atoms with Crippen molar-refractivity contribution < 1.29 is 9.15 Å². The molecule has 0 radical (unpaired) electrons. The third kappa shape index (κ3) is 3.08. The number of nitrogens with zero attached hydrogens (tertiary/aromatic N) is 2. The van der Waals surface area contributed by atoms with Crippen molar-refractivity contribution in [2.75, 3.05) is 0 Å². The summed E-state index contributed by atoms with van der Waals surface area (Å²) in [5, 5.41) is 12.5. The predicted octanol–water partition coefficient (Wildman–Crippen LogP) is 3.78. The molecule has 1 aromatic carbocycles. The summed E-state index contributed by atoms with van der Waals surface area (Å²) in [6.07, 6.45) is 8.08. The third-order valence-electron chi connectivity index (χ3n) is 4.01. The molecule has 6 nitrogen and oxygen atoms in total. The molecule has 0 fully saturated rings. The van der Waals surface area contributed by atoms with Gasteiger partial charge in [0.05, 0.1) is 6.10 Å². The summed E-state index contributed by atoms with van der Waals surface area (Å²) in [5.41, 5.74) is 4.04. The zero-order chi connectivity index (χ0) is 17.4. The maximum Gasteiger partial charge on any atom is 0.247 e. The Balaban J connectivity index is 1.70. The molecule has 0 amide bonds. The normalized spacial score (nSPS) is 17.1. The molecule has 0 bridgehead atoms. The van der Waals surface area contributed by atoms with Crippen LogP contribution in [-0.2, 0) is 4.74 Å². The van der Waals surface area contributed by atoms with Crippen LogP contribution in [-0.4, -0.2) is 27.5 Å². The van der Waals surface area contributed by atoms with E-state index in [0.29, 0.717) is 11.8 Å². The number of aryl methyl sites for hydroxylation is 1. The van der Waals surface area contributed by atoms with E-state index in [-0.39, 0.29) is 12.3 Å². The lowest BCUT2D eigenvalue weighted by atomic mass is 10.1. The van der Waals surface area contributed by atoms with Crippen molar-refractivity contribution in [2.45, 2.75) is 33.1 Å². The smallest absolute Gasteiger partial charge is 0.247 e. The van der Waals surface area contributed by atoms with Crippen molar-refractivity contribution in [3.8, 4) is 11.5 Å². The maximum atomic E-state index is 5.85. The summed E-state index contributed by atoms with van der Waals surface area (Å²) in [4.78, 5) is 3.31. The Bertz CT molecular complexity index is 965. The van der Waals surface area contributed by atoms with E-state index in [2.05, 4.69) is 26.6 Å². The molecular formula is C19H20N4O2. The fraction of sp³-hybridized carbons (Fsp3) is 0.263. The van der Waals surface area contributed by atoms with Gasteiger partial charge in [-0.2, -0.15) is 0 Å². The summed E-state index contributed by atoms with van der Waals surface area (Å²) in [6, 6.07) is 6.06. The van der Waals surface area contributed by atoms with Gasteiger partial charge in [-0.3, -0.25) is 0 Å². The summed E-state index contributed by atoms with van der Waals surface area (Å²) >= 11 is 0. The van der Waals surface area contributed by atoms with Crippen molar-refractivity contribution in [1.82, 2.24) is 20.5 Å². The Morgan fingerprint density at radius 2 is 2.12 bits per heavy atom. The average Bonchev–Trinajstić information content (AvgIpc) is 3.20. The first kappa shape index (κ1) is 15.7. The fourth-order valence-electron chi connectivity index (χ4n) is 2.93. The monoisotopic (exact) mass is 336 g/mol. The molecule has 128 valence electrons. The number of dihydropyridines is 1. The summed E-state index contributed by atoms with van der Waals surface area (Å²) < 4.78 is 11.4. The van der Waals surface area contributed by atoms with Crippen molar-refractivity contribution in [3.05, 3.63) is 54.1 Å². The van der Waals surface area contributed by atoms with Crippen molar-refractivity contribution in [1.29, 1.82) is 0 Å².